The van der Waals surface area contributed by atoms with Gasteiger partial charge in [-0.25, -0.2) is 9.13 Å². The highest BCUT2D eigenvalue weighted by Gasteiger charge is 2.30. The predicted molar refractivity (Wildman–Crippen MR) is 377 cm³/mol. The van der Waals surface area contributed by atoms with E-state index in [0.717, 1.165) is 108 Å². The first-order chi connectivity index (χ1) is 44.9. The van der Waals surface area contributed by atoms with E-state index >= 15 is 0 Å². The smallest absolute Gasteiger partial charge is 0.462 e. The Bertz CT molecular complexity index is 1810. The van der Waals surface area contributed by atoms with Gasteiger partial charge < -0.3 is 33.8 Å². The lowest BCUT2D eigenvalue weighted by molar-refractivity contribution is -0.161. The van der Waals surface area contributed by atoms with E-state index in [4.69, 9.17) is 37.0 Å². The van der Waals surface area contributed by atoms with Crippen molar-refractivity contribution in [2.45, 2.75) is 400 Å². The van der Waals surface area contributed by atoms with Crippen LogP contribution in [0.3, 0.4) is 0 Å². The van der Waals surface area contributed by atoms with Gasteiger partial charge in [0.25, 0.3) is 0 Å². The highest BCUT2D eigenvalue weighted by Crippen LogP contribution is 2.45. The number of carbonyl (C=O) groups excluding carboxylic acids is 4. The third kappa shape index (κ3) is 65.8. The van der Waals surface area contributed by atoms with Crippen LogP contribution in [0.5, 0.6) is 0 Å². The van der Waals surface area contributed by atoms with E-state index in [-0.39, 0.29) is 25.7 Å². The predicted octanol–water partition coefficient (Wildman–Crippen LogP) is 21.6. The number of aliphatic hydroxyl groups is 1. The van der Waals surface area contributed by atoms with Crippen molar-refractivity contribution in [3.05, 3.63) is 0 Å². The molecule has 0 radical (unpaired) electrons. The van der Waals surface area contributed by atoms with Gasteiger partial charge in [0.15, 0.2) is 12.2 Å². The van der Waals surface area contributed by atoms with Gasteiger partial charge in [0.05, 0.1) is 26.4 Å². The first-order valence-corrected chi connectivity index (χ1v) is 41.6. The van der Waals surface area contributed by atoms with E-state index in [1.54, 1.807) is 0 Å². The molecule has 0 aromatic rings. The standard InChI is InChI=1S/C74H144O17P2/c1-7-11-13-15-17-19-28-32-40-46-52-58-73(78)90-69(62-84-71(76)56-50-44-38-18-16-14-12-8-2)64-88-92(80,81)86-60-68(75)61-87-93(82,83)89-65-70(63-85-72(77)57-51-45-39-35-34-37-43-49-55-67(6)10-4)91-74(79)59-53-47-41-33-30-27-25-23-21-20-22-24-26-29-31-36-42-48-54-66(5)9-3/h66-70,75H,7-65H2,1-6H3,(H,80,81)(H,82,83)/t66?,67?,68-,69+,70+/m0/s1. The SMILES string of the molecule is CCCCCCCCCCCCCC(=O)O[C@H](COC(=O)CCCCCCCCCC)COP(=O)(O)OC[C@H](O)COP(=O)(O)OC[C@@H](COC(=O)CCCCCCCCCCC(C)CC)OC(=O)CCCCCCCCCCCCCCCCCCCCC(C)CC. The molecular formula is C74H144O17P2. The van der Waals surface area contributed by atoms with Gasteiger partial charge in [-0.1, -0.05) is 330 Å². The Morgan fingerprint density at radius 2 is 0.516 bits per heavy atom. The second-order valence-corrected chi connectivity index (χ2v) is 30.1. The van der Waals surface area contributed by atoms with Crippen LogP contribution < -0.4 is 0 Å². The van der Waals surface area contributed by atoms with Crippen LogP contribution in [0.1, 0.15) is 382 Å². The summed E-state index contributed by atoms with van der Waals surface area (Å²) in [5, 5.41) is 10.6. The Morgan fingerprint density at radius 3 is 0.763 bits per heavy atom. The summed E-state index contributed by atoms with van der Waals surface area (Å²) in [4.78, 5) is 72.6. The van der Waals surface area contributed by atoms with Crippen LogP contribution in [0, 0.1) is 11.8 Å². The molecule has 0 aliphatic carbocycles. The lowest BCUT2D eigenvalue weighted by Gasteiger charge is -2.21. The van der Waals surface area contributed by atoms with Gasteiger partial charge in [-0.2, -0.15) is 0 Å². The summed E-state index contributed by atoms with van der Waals surface area (Å²) in [6.07, 6.45) is 52.7. The number of phosphoric acid groups is 2. The molecule has 17 nitrogen and oxygen atoms in total. The number of esters is 4. The number of hydrogen-bond donors (Lipinski definition) is 3. The maximum absolute atomic E-state index is 13.1. The van der Waals surface area contributed by atoms with Crippen molar-refractivity contribution in [3.63, 3.8) is 0 Å². The molecule has 0 spiro atoms. The summed E-state index contributed by atoms with van der Waals surface area (Å²) in [5.41, 5.74) is 0. The lowest BCUT2D eigenvalue weighted by atomic mass is 9.99. The molecule has 19 heteroatoms. The quantitative estimate of drug-likeness (QED) is 0.0222. The number of carbonyl (C=O) groups is 4. The van der Waals surface area contributed by atoms with E-state index in [2.05, 4.69) is 41.5 Å². The fourth-order valence-electron chi connectivity index (χ4n) is 11.2. The third-order valence-corrected chi connectivity index (χ3v) is 19.8. The van der Waals surface area contributed by atoms with Crippen LogP contribution in [0.2, 0.25) is 0 Å². The third-order valence-electron chi connectivity index (χ3n) is 17.9. The molecule has 93 heavy (non-hydrogen) atoms. The molecule has 0 aliphatic rings. The molecule has 0 saturated carbocycles. The number of hydrogen-bond acceptors (Lipinski definition) is 15. The maximum atomic E-state index is 13.1. The van der Waals surface area contributed by atoms with Crippen molar-refractivity contribution >= 4 is 39.5 Å². The molecule has 7 atom stereocenters. The van der Waals surface area contributed by atoms with Crippen molar-refractivity contribution in [1.29, 1.82) is 0 Å². The summed E-state index contributed by atoms with van der Waals surface area (Å²) >= 11 is 0. The van der Waals surface area contributed by atoms with Crippen LogP contribution in [0.4, 0.5) is 0 Å². The van der Waals surface area contributed by atoms with Gasteiger partial charge in [0, 0.05) is 25.7 Å². The number of aliphatic hydroxyl groups excluding tert-OH is 1. The summed E-state index contributed by atoms with van der Waals surface area (Å²) in [6.45, 7) is 9.61. The molecule has 0 rings (SSSR count). The average Bonchev–Trinajstić information content (AvgIpc) is 3.20. The van der Waals surface area contributed by atoms with Crippen LogP contribution >= 0.6 is 15.6 Å². The normalized spacial score (nSPS) is 14.6. The first-order valence-electron chi connectivity index (χ1n) is 38.6. The summed E-state index contributed by atoms with van der Waals surface area (Å²) in [7, 11) is -9.90. The Labute approximate surface area is 568 Å². The molecular weight excluding hydrogens is 1220 g/mol. The van der Waals surface area contributed by atoms with E-state index in [9.17, 15) is 43.2 Å². The van der Waals surface area contributed by atoms with Gasteiger partial charge in [-0.3, -0.25) is 37.3 Å². The highest BCUT2D eigenvalue weighted by molar-refractivity contribution is 7.47. The molecule has 0 bridgehead atoms. The molecule has 3 N–H and O–H groups in total. The van der Waals surface area contributed by atoms with Crippen molar-refractivity contribution in [2.24, 2.45) is 11.8 Å². The first kappa shape index (κ1) is 91.1. The number of rotatable bonds is 73. The second kappa shape index (κ2) is 66.0. The molecule has 0 heterocycles. The van der Waals surface area contributed by atoms with E-state index in [0.29, 0.717) is 25.7 Å². The fraction of sp³-hybridized carbons (Fsp3) is 0.946. The van der Waals surface area contributed by atoms with E-state index in [1.165, 1.54) is 193 Å². The average molecular weight is 1370 g/mol. The minimum atomic E-state index is -4.95. The fourth-order valence-corrected chi connectivity index (χ4v) is 12.8. The van der Waals surface area contributed by atoms with Gasteiger partial charge in [0.2, 0.25) is 0 Å². The number of unbranched alkanes of at least 4 members (excludes halogenated alkanes) is 41. The number of ether oxygens (including phenoxy) is 4. The Balaban J connectivity index is 5.15. The molecule has 0 aromatic carbocycles. The lowest BCUT2D eigenvalue weighted by Crippen LogP contribution is -2.30. The van der Waals surface area contributed by atoms with Gasteiger partial charge in [0.1, 0.15) is 19.3 Å². The van der Waals surface area contributed by atoms with Crippen LogP contribution in [-0.2, 0) is 65.4 Å². The minimum Gasteiger partial charge on any atom is -0.462 e. The van der Waals surface area contributed by atoms with Crippen molar-refractivity contribution in [1.82, 2.24) is 0 Å². The van der Waals surface area contributed by atoms with E-state index < -0.39 is 97.5 Å². The molecule has 0 aromatic heterocycles. The van der Waals surface area contributed by atoms with Crippen LogP contribution in [0.25, 0.3) is 0 Å². The van der Waals surface area contributed by atoms with Gasteiger partial charge >= 0.3 is 39.5 Å². The van der Waals surface area contributed by atoms with Crippen molar-refractivity contribution in [2.75, 3.05) is 39.6 Å². The molecule has 4 unspecified atom stereocenters. The zero-order valence-electron chi connectivity index (χ0n) is 60.6. The van der Waals surface area contributed by atoms with Crippen LogP contribution in [-0.4, -0.2) is 96.7 Å². The largest absolute Gasteiger partial charge is 0.472 e. The van der Waals surface area contributed by atoms with Crippen molar-refractivity contribution in [3.8, 4) is 0 Å². The molecule has 0 saturated heterocycles. The van der Waals surface area contributed by atoms with E-state index in [1.807, 2.05) is 0 Å². The Morgan fingerprint density at radius 1 is 0.301 bits per heavy atom. The molecule has 0 fully saturated rings. The maximum Gasteiger partial charge on any atom is 0.472 e. The number of phosphoric ester groups is 2. The monoisotopic (exact) mass is 1370 g/mol. The summed E-state index contributed by atoms with van der Waals surface area (Å²) in [6, 6.07) is 0. The van der Waals surface area contributed by atoms with Crippen LogP contribution in [0.15, 0.2) is 0 Å². The zero-order valence-corrected chi connectivity index (χ0v) is 62.3. The molecule has 0 aliphatic heterocycles. The second-order valence-electron chi connectivity index (χ2n) is 27.2. The minimum absolute atomic E-state index is 0.107. The van der Waals surface area contributed by atoms with Gasteiger partial charge in [-0.15, -0.1) is 0 Å². The highest BCUT2D eigenvalue weighted by atomic mass is 31.2. The summed E-state index contributed by atoms with van der Waals surface area (Å²) < 4.78 is 68.3. The molecule has 0 amide bonds. The van der Waals surface area contributed by atoms with Gasteiger partial charge in [-0.05, 0) is 37.5 Å². The topological polar surface area (TPSA) is 237 Å². The molecule has 552 valence electrons. The van der Waals surface area contributed by atoms with Crippen molar-refractivity contribution < 1.29 is 80.2 Å². The Kier molecular flexibility index (Phi) is 64.6. The summed E-state index contributed by atoms with van der Waals surface area (Å²) in [5.74, 6) is -0.474. The Hall–Kier alpha value is -1.94. The zero-order chi connectivity index (χ0) is 68.6.